The SMILES string of the molecule is Cc1ccc2cc(O)nnc2c1. The van der Waals surface area contributed by atoms with E-state index in [9.17, 15) is 0 Å². The average molecular weight is 160 g/mol. The molecule has 0 atom stereocenters. The first kappa shape index (κ1) is 7.03. The Bertz CT molecular complexity index is 385. The van der Waals surface area contributed by atoms with Gasteiger partial charge in [-0.2, -0.15) is 0 Å². The highest BCUT2D eigenvalue weighted by Crippen LogP contribution is 2.15. The molecule has 12 heavy (non-hydrogen) atoms. The Balaban J connectivity index is 2.79. The van der Waals surface area contributed by atoms with Crippen LogP contribution < -0.4 is 0 Å². The van der Waals surface area contributed by atoms with Gasteiger partial charge in [0, 0.05) is 11.5 Å². The zero-order valence-corrected chi connectivity index (χ0v) is 6.65. The van der Waals surface area contributed by atoms with Gasteiger partial charge >= 0.3 is 0 Å². The summed E-state index contributed by atoms with van der Waals surface area (Å²) in [7, 11) is 0. The van der Waals surface area contributed by atoms with Crippen molar-refractivity contribution in [2.24, 2.45) is 0 Å². The Morgan fingerprint density at radius 3 is 2.83 bits per heavy atom. The topological polar surface area (TPSA) is 46.0 Å². The van der Waals surface area contributed by atoms with Crippen LogP contribution in [0.15, 0.2) is 24.3 Å². The molecular weight excluding hydrogens is 152 g/mol. The lowest BCUT2D eigenvalue weighted by Gasteiger charge is -1.97. The number of aromatic hydroxyl groups is 1. The van der Waals surface area contributed by atoms with E-state index in [4.69, 9.17) is 5.11 Å². The molecule has 0 spiro atoms. The molecule has 1 heterocycles. The van der Waals surface area contributed by atoms with Gasteiger partial charge in [0.25, 0.3) is 0 Å². The minimum atomic E-state index is -0.0358. The van der Waals surface area contributed by atoms with Crippen LogP contribution in [-0.2, 0) is 0 Å². The van der Waals surface area contributed by atoms with Gasteiger partial charge in [-0.15, -0.1) is 10.2 Å². The maximum atomic E-state index is 9.03. The first-order valence-corrected chi connectivity index (χ1v) is 3.69. The molecule has 0 radical (unpaired) electrons. The molecule has 1 aromatic heterocycles. The molecule has 0 aliphatic rings. The van der Waals surface area contributed by atoms with Gasteiger partial charge in [-0.05, 0) is 18.6 Å². The monoisotopic (exact) mass is 160 g/mol. The summed E-state index contributed by atoms with van der Waals surface area (Å²) >= 11 is 0. The predicted octanol–water partition coefficient (Wildman–Crippen LogP) is 1.64. The molecule has 0 unspecified atom stereocenters. The third kappa shape index (κ3) is 1.09. The Hall–Kier alpha value is -1.64. The van der Waals surface area contributed by atoms with Gasteiger partial charge in [0.15, 0.2) is 0 Å². The molecule has 3 heteroatoms. The zero-order chi connectivity index (χ0) is 8.55. The molecule has 1 N–H and O–H groups in total. The summed E-state index contributed by atoms with van der Waals surface area (Å²) in [6.45, 7) is 1.99. The van der Waals surface area contributed by atoms with E-state index in [1.54, 1.807) is 6.07 Å². The van der Waals surface area contributed by atoms with Gasteiger partial charge in [0.05, 0.1) is 5.52 Å². The van der Waals surface area contributed by atoms with Crippen molar-refractivity contribution < 1.29 is 5.11 Å². The van der Waals surface area contributed by atoms with Crippen LogP contribution in [0.4, 0.5) is 0 Å². The van der Waals surface area contributed by atoms with E-state index >= 15 is 0 Å². The largest absolute Gasteiger partial charge is 0.492 e. The number of aromatic nitrogens is 2. The van der Waals surface area contributed by atoms with Gasteiger partial charge in [-0.3, -0.25) is 0 Å². The van der Waals surface area contributed by atoms with Crippen LogP contribution in [0, 0.1) is 6.92 Å². The summed E-state index contributed by atoms with van der Waals surface area (Å²) in [4.78, 5) is 0. The van der Waals surface area contributed by atoms with Gasteiger partial charge < -0.3 is 5.11 Å². The molecule has 0 saturated heterocycles. The Labute approximate surface area is 69.7 Å². The molecule has 3 nitrogen and oxygen atoms in total. The summed E-state index contributed by atoms with van der Waals surface area (Å²) in [5.74, 6) is -0.0358. The minimum absolute atomic E-state index is 0.0358. The first-order chi connectivity index (χ1) is 5.75. The van der Waals surface area contributed by atoms with E-state index in [-0.39, 0.29) is 5.88 Å². The Morgan fingerprint density at radius 1 is 1.17 bits per heavy atom. The highest BCUT2D eigenvalue weighted by molar-refractivity contribution is 5.79. The molecule has 0 amide bonds. The minimum Gasteiger partial charge on any atom is -0.492 e. The molecule has 0 saturated carbocycles. The third-order valence-electron chi connectivity index (χ3n) is 1.73. The van der Waals surface area contributed by atoms with Crippen LogP contribution in [0.5, 0.6) is 5.88 Å². The lowest BCUT2D eigenvalue weighted by Crippen LogP contribution is -1.84. The van der Waals surface area contributed by atoms with E-state index in [1.807, 2.05) is 25.1 Å². The van der Waals surface area contributed by atoms with Crippen LogP contribution in [0.25, 0.3) is 10.9 Å². The van der Waals surface area contributed by atoms with E-state index in [1.165, 1.54) is 0 Å². The van der Waals surface area contributed by atoms with E-state index in [2.05, 4.69) is 10.2 Å². The highest BCUT2D eigenvalue weighted by Gasteiger charge is 1.96. The smallest absolute Gasteiger partial charge is 0.231 e. The molecule has 2 aromatic rings. The number of hydrogen-bond acceptors (Lipinski definition) is 3. The zero-order valence-electron chi connectivity index (χ0n) is 6.65. The van der Waals surface area contributed by atoms with Crippen LogP contribution in [0.2, 0.25) is 0 Å². The Kier molecular flexibility index (Phi) is 1.43. The summed E-state index contributed by atoms with van der Waals surface area (Å²) in [6.07, 6.45) is 0. The van der Waals surface area contributed by atoms with Crippen LogP contribution >= 0.6 is 0 Å². The van der Waals surface area contributed by atoms with Crippen LogP contribution in [0.3, 0.4) is 0 Å². The summed E-state index contributed by atoms with van der Waals surface area (Å²) in [5.41, 5.74) is 1.95. The quantitative estimate of drug-likeness (QED) is 0.637. The van der Waals surface area contributed by atoms with Gasteiger partial charge in [-0.25, -0.2) is 0 Å². The van der Waals surface area contributed by atoms with Crippen molar-refractivity contribution in [3.63, 3.8) is 0 Å². The summed E-state index contributed by atoms with van der Waals surface area (Å²) in [6, 6.07) is 7.42. The number of benzene rings is 1. The number of aryl methyl sites for hydroxylation is 1. The maximum Gasteiger partial charge on any atom is 0.231 e. The van der Waals surface area contributed by atoms with Crippen molar-refractivity contribution in [1.82, 2.24) is 10.2 Å². The van der Waals surface area contributed by atoms with Crippen LogP contribution in [-0.4, -0.2) is 15.3 Å². The summed E-state index contributed by atoms with van der Waals surface area (Å²) in [5, 5.41) is 17.3. The number of fused-ring (bicyclic) bond motifs is 1. The standard InChI is InChI=1S/C9H8N2O/c1-6-2-3-7-5-9(12)11-10-8(7)4-6/h2-5H,1H3,(H,11,12). The summed E-state index contributed by atoms with van der Waals surface area (Å²) < 4.78 is 0. The van der Waals surface area contributed by atoms with Crippen molar-refractivity contribution in [3.8, 4) is 5.88 Å². The normalized spacial score (nSPS) is 10.4. The fourth-order valence-electron chi connectivity index (χ4n) is 1.14. The molecule has 0 aliphatic carbocycles. The second-order valence-corrected chi connectivity index (χ2v) is 2.76. The molecule has 0 fully saturated rings. The first-order valence-electron chi connectivity index (χ1n) is 3.69. The van der Waals surface area contributed by atoms with Crippen LogP contribution in [0.1, 0.15) is 5.56 Å². The van der Waals surface area contributed by atoms with Crippen molar-refractivity contribution in [2.45, 2.75) is 6.92 Å². The van der Waals surface area contributed by atoms with E-state index in [0.29, 0.717) is 0 Å². The van der Waals surface area contributed by atoms with Crippen molar-refractivity contribution in [3.05, 3.63) is 29.8 Å². The van der Waals surface area contributed by atoms with E-state index < -0.39 is 0 Å². The third-order valence-corrected chi connectivity index (χ3v) is 1.73. The molecule has 2 rings (SSSR count). The molecular formula is C9H8N2O. The Morgan fingerprint density at radius 2 is 2.00 bits per heavy atom. The second kappa shape index (κ2) is 2.44. The number of rotatable bonds is 0. The second-order valence-electron chi connectivity index (χ2n) is 2.76. The molecule has 0 bridgehead atoms. The number of nitrogens with zero attached hydrogens (tertiary/aromatic N) is 2. The maximum absolute atomic E-state index is 9.03. The molecule has 60 valence electrons. The van der Waals surface area contributed by atoms with Gasteiger partial charge in [-0.1, -0.05) is 12.1 Å². The fourth-order valence-corrected chi connectivity index (χ4v) is 1.14. The average Bonchev–Trinajstić information content (AvgIpc) is 2.05. The lowest BCUT2D eigenvalue weighted by molar-refractivity contribution is 0.447. The lowest BCUT2D eigenvalue weighted by atomic mass is 10.2. The van der Waals surface area contributed by atoms with Gasteiger partial charge in [0.1, 0.15) is 0 Å². The highest BCUT2D eigenvalue weighted by atomic mass is 16.3. The van der Waals surface area contributed by atoms with E-state index in [0.717, 1.165) is 16.5 Å². The van der Waals surface area contributed by atoms with Gasteiger partial charge in [0.2, 0.25) is 5.88 Å². The van der Waals surface area contributed by atoms with Crippen molar-refractivity contribution >= 4 is 10.9 Å². The predicted molar refractivity (Wildman–Crippen MR) is 45.9 cm³/mol. The molecule has 1 aromatic carbocycles. The van der Waals surface area contributed by atoms with Crippen molar-refractivity contribution in [1.29, 1.82) is 0 Å². The molecule has 0 aliphatic heterocycles. The fraction of sp³-hybridized carbons (Fsp3) is 0.111. The number of hydrogen-bond donors (Lipinski definition) is 1. The van der Waals surface area contributed by atoms with Crippen molar-refractivity contribution in [2.75, 3.05) is 0 Å².